The second-order valence-electron chi connectivity index (χ2n) is 6.77. The molecule has 1 aromatic carbocycles. The minimum atomic E-state index is -0.0942. The predicted molar refractivity (Wildman–Crippen MR) is 118 cm³/mol. The Bertz CT molecular complexity index is 799. The van der Waals surface area contributed by atoms with Gasteiger partial charge in [-0.3, -0.25) is 9.79 Å². The fourth-order valence-corrected chi connectivity index (χ4v) is 3.92. The van der Waals surface area contributed by atoms with Crippen LogP contribution in [0.4, 0.5) is 0 Å². The third-order valence-corrected chi connectivity index (χ3v) is 6.22. The molecular formula is C21H24Cl2N2OS. The van der Waals surface area contributed by atoms with Crippen LogP contribution < -0.4 is 5.32 Å². The molecule has 1 atom stereocenters. The minimum absolute atomic E-state index is 0.0230. The molecule has 2 rings (SSSR count). The number of benzene rings is 1. The highest BCUT2D eigenvalue weighted by atomic mass is 35.5. The Hall–Kier alpha value is -1.49. The molecule has 1 unspecified atom stereocenters. The fourth-order valence-electron chi connectivity index (χ4n) is 2.64. The number of allylic oxidation sites excluding steroid dienone is 3. The highest BCUT2D eigenvalue weighted by molar-refractivity contribution is 8.13. The summed E-state index contributed by atoms with van der Waals surface area (Å²) in [7, 11) is 0. The van der Waals surface area contributed by atoms with Gasteiger partial charge in [-0.05, 0) is 36.1 Å². The van der Waals surface area contributed by atoms with Gasteiger partial charge in [0.1, 0.15) is 0 Å². The van der Waals surface area contributed by atoms with Crippen LogP contribution in [-0.2, 0) is 10.5 Å². The molecule has 0 saturated carbocycles. The van der Waals surface area contributed by atoms with Crippen molar-refractivity contribution in [3.8, 4) is 0 Å². The SMILES string of the molecule is C=C/C(=C\N=C(SCc1ccc(Cl)c(Cl)c1)C(C)C)CC1CC(=C)NC1=O. The number of hydrogen-bond acceptors (Lipinski definition) is 3. The van der Waals surface area contributed by atoms with Gasteiger partial charge in [0.15, 0.2) is 0 Å². The van der Waals surface area contributed by atoms with Crippen molar-refractivity contribution < 1.29 is 4.79 Å². The molecule has 6 heteroatoms. The summed E-state index contributed by atoms with van der Waals surface area (Å²) in [6.45, 7) is 11.9. The molecule has 0 aliphatic carbocycles. The first kappa shape index (κ1) is 21.8. The summed E-state index contributed by atoms with van der Waals surface area (Å²) in [4.78, 5) is 16.6. The Balaban J connectivity index is 2.06. The molecule has 27 heavy (non-hydrogen) atoms. The van der Waals surface area contributed by atoms with Crippen LogP contribution in [0, 0.1) is 11.8 Å². The topological polar surface area (TPSA) is 41.5 Å². The Morgan fingerprint density at radius 3 is 2.70 bits per heavy atom. The normalized spacial score (nSPS) is 18.2. The Labute approximate surface area is 175 Å². The van der Waals surface area contributed by atoms with Gasteiger partial charge >= 0.3 is 0 Å². The zero-order valence-electron chi connectivity index (χ0n) is 15.6. The zero-order valence-corrected chi connectivity index (χ0v) is 17.9. The molecule has 1 saturated heterocycles. The van der Waals surface area contributed by atoms with E-state index in [0.717, 1.165) is 27.6 Å². The summed E-state index contributed by atoms with van der Waals surface area (Å²) in [5.74, 6) is 0.975. The van der Waals surface area contributed by atoms with Crippen LogP contribution in [0.15, 0.2) is 59.9 Å². The minimum Gasteiger partial charge on any atom is -0.330 e. The molecule has 1 aliphatic heterocycles. The molecule has 1 amide bonds. The number of rotatable bonds is 7. The van der Waals surface area contributed by atoms with E-state index in [1.807, 2.05) is 24.4 Å². The van der Waals surface area contributed by atoms with Gasteiger partial charge in [0.2, 0.25) is 5.91 Å². The summed E-state index contributed by atoms with van der Waals surface area (Å²) in [6.07, 6.45) is 4.86. The first-order valence-corrected chi connectivity index (χ1v) is 10.5. The van der Waals surface area contributed by atoms with Crippen LogP contribution in [-0.4, -0.2) is 11.0 Å². The van der Waals surface area contributed by atoms with Crippen LogP contribution in [0.2, 0.25) is 10.0 Å². The van der Waals surface area contributed by atoms with E-state index in [-0.39, 0.29) is 17.7 Å². The first-order valence-electron chi connectivity index (χ1n) is 8.74. The number of thioether (sulfide) groups is 1. The van der Waals surface area contributed by atoms with E-state index < -0.39 is 0 Å². The quantitative estimate of drug-likeness (QED) is 0.314. The number of nitrogens with one attached hydrogen (secondary N) is 1. The fraction of sp³-hybridized carbons (Fsp3) is 0.333. The summed E-state index contributed by atoms with van der Waals surface area (Å²) < 4.78 is 0. The van der Waals surface area contributed by atoms with Crippen molar-refractivity contribution in [2.45, 2.75) is 32.4 Å². The number of carbonyl (C=O) groups excluding carboxylic acids is 1. The van der Waals surface area contributed by atoms with Crippen molar-refractivity contribution >= 4 is 45.9 Å². The average molecular weight is 423 g/mol. The number of amides is 1. The monoisotopic (exact) mass is 422 g/mol. The van der Waals surface area contributed by atoms with Gasteiger partial charge in [-0.2, -0.15) is 0 Å². The number of halogens is 2. The molecule has 1 aromatic rings. The van der Waals surface area contributed by atoms with Crippen LogP contribution >= 0.6 is 35.0 Å². The first-order chi connectivity index (χ1) is 12.8. The lowest BCUT2D eigenvalue weighted by Crippen LogP contribution is -2.18. The summed E-state index contributed by atoms with van der Waals surface area (Å²) in [5, 5.41) is 4.90. The van der Waals surface area contributed by atoms with Crippen LogP contribution in [0.1, 0.15) is 32.3 Å². The smallest absolute Gasteiger partial charge is 0.227 e. The van der Waals surface area contributed by atoms with E-state index >= 15 is 0 Å². The van der Waals surface area contributed by atoms with Gasteiger partial charge in [-0.15, -0.1) is 11.8 Å². The molecule has 0 spiro atoms. The van der Waals surface area contributed by atoms with Gasteiger partial charge in [0.05, 0.1) is 15.1 Å². The van der Waals surface area contributed by atoms with E-state index in [2.05, 4.69) is 37.3 Å². The molecule has 144 valence electrons. The number of nitrogens with zero attached hydrogens (tertiary/aromatic N) is 1. The molecule has 1 aliphatic rings. The lowest BCUT2D eigenvalue weighted by Gasteiger charge is -2.10. The van der Waals surface area contributed by atoms with Crippen LogP contribution in [0.3, 0.4) is 0 Å². The van der Waals surface area contributed by atoms with E-state index in [9.17, 15) is 4.79 Å². The molecule has 1 N–H and O–H groups in total. The van der Waals surface area contributed by atoms with E-state index in [1.54, 1.807) is 17.8 Å². The maximum absolute atomic E-state index is 11.9. The second-order valence-corrected chi connectivity index (χ2v) is 8.58. The van der Waals surface area contributed by atoms with E-state index in [1.165, 1.54) is 0 Å². The standard InChI is InChI=1S/C21H24Cl2N2OS/c1-5-15(9-17-8-14(4)25-20(17)26)11-24-21(13(2)3)27-12-16-6-7-18(22)19(23)10-16/h5-7,10-11,13,17H,1,4,8-9,12H2,2-3H3,(H,25,26)/b15-11+,24-21?. The van der Waals surface area contributed by atoms with Gasteiger partial charge < -0.3 is 5.32 Å². The van der Waals surface area contributed by atoms with Crippen molar-refractivity contribution in [1.82, 2.24) is 5.32 Å². The van der Waals surface area contributed by atoms with Gasteiger partial charge in [0.25, 0.3) is 0 Å². The number of carbonyl (C=O) groups is 1. The lowest BCUT2D eigenvalue weighted by molar-refractivity contribution is -0.122. The lowest BCUT2D eigenvalue weighted by atomic mass is 9.98. The van der Waals surface area contributed by atoms with E-state index in [0.29, 0.717) is 22.9 Å². The highest BCUT2D eigenvalue weighted by Crippen LogP contribution is 2.27. The molecule has 1 heterocycles. The number of aliphatic imine (C=N–C) groups is 1. The third-order valence-electron chi connectivity index (χ3n) is 4.13. The van der Waals surface area contributed by atoms with Gasteiger partial charge in [-0.1, -0.05) is 62.3 Å². The Morgan fingerprint density at radius 1 is 1.41 bits per heavy atom. The maximum Gasteiger partial charge on any atom is 0.227 e. The van der Waals surface area contributed by atoms with Gasteiger partial charge in [0, 0.05) is 29.5 Å². The summed E-state index contributed by atoms with van der Waals surface area (Å²) in [6, 6.07) is 5.66. The molecule has 0 bridgehead atoms. The van der Waals surface area contributed by atoms with Crippen LogP contribution in [0.5, 0.6) is 0 Å². The molecule has 0 radical (unpaired) electrons. The molecule has 0 aromatic heterocycles. The van der Waals surface area contributed by atoms with Gasteiger partial charge in [-0.25, -0.2) is 0 Å². The maximum atomic E-state index is 11.9. The Kier molecular flexibility index (Phi) is 8.21. The molecular weight excluding hydrogens is 399 g/mol. The van der Waals surface area contributed by atoms with Crippen molar-refractivity contribution in [1.29, 1.82) is 0 Å². The highest BCUT2D eigenvalue weighted by Gasteiger charge is 2.27. The summed E-state index contributed by atoms with van der Waals surface area (Å²) in [5.41, 5.74) is 2.81. The van der Waals surface area contributed by atoms with Crippen molar-refractivity contribution in [3.05, 3.63) is 70.5 Å². The number of hydrogen-bond donors (Lipinski definition) is 1. The third kappa shape index (κ3) is 6.56. The molecule has 3 nitrogen and oxygen atoms in total. The summed E-state index contributed by atoms with van der Waals surface area (Å²) >= 11 is 13.7. The zero-order chi connectivity index (χ0) is 20.0. The van der Waals surface area contributed by atoms with Crippen LogP contribution in [0.25, 0.3) is 0 Å². The second kappa shape index (κ2) is 10.2. The van der Waals surface area contributed by atoms with Crippen molar-refractivity contribution in [3.63, 3.8) is 0 Å². The van der Waals surface area contributed by atoms with Crippen molar-refractivity contribution in [2.24, 2.45) is 16.8 Å². The molecule has 1 fully saturated rings. The average Bonchev–Trinajstić information content (AvgIpc) is 2.93. The largest absolute Gasteiger partial charge is 0.330 e. The van der Waals surface area contributed by atoms with Crippen molar-refractivity contribution in [2.75, 3.05) is 0 Å². The van der Waals surface area contributed by atoms with E-state index in [4.69, 9.17) is 23.2 Å². The predicted octanol–water partition coefficient (Wildman–Crippen LogP) is 6.39. The Morgan fingerprint density at radius 2 is 2.15 bits per heavy atom.